The van der Waals surface area contributed by atoms with Gasteiger partial charge >= 0.3 is 5.97 Å². The molecule has 0 radical (unpaired) electrons. The Bertz CT molecular complexity index is 976. The van der Waals surface area contributed by atoms with Crippen LogP contribution in [0.2, 0.25) is 0 Å². The maximum Gasteiger partial charge on any atom is 0.348 e. The Hall–Kier alpha value is -2.03. The molecule has 3 heterocycles. The molecule has 0 fully saturated rings. The van der Waals surface area contributed by atoms with E-state index in [2.05, 4.69) is 20.9 Å². The smallest absolute Gasteiger partial charge is 0.348 e. The molecule has 26 heavy (non-hydrogen) atoms. The monoisotopic (exact) mass is 391 g/mol. The number of ether oxygens (including phenoxy) is 1. The van der Waals surface area contributed by atoms with Crippen molar-refractivity contribution < 1.29 is 9.53 Å². The molecular weight excluding hydrogens is 370 g/mol. The van der Waals surface area contributed by atoms with Crippen molar-refractivity contribution in [1.82, 2.24) is 14.9 Å². The Balaban J connectivity index is 1.95. The summed E-state index contributed by atoms with van der Waals surface area (Å²) in [5.74, 6) is 0.190. The van der Waals surface area contributed by atoms with Gasteiger partial charge in [-0.2, -0.15) is 0 Å². The predicted molar refractivity (Wildman–Crippen MR) is 105 cm³/mol. The number of carbonyl (C=O) groups is 1. The average Bonchev–Trinajstić information content (AvgIpc) is 3.22. The van der Waals surface area contributed by atoms with Gasteiger partial charge in [-0.25, -0.2) is 9.78 Å². The fourth-order valence-corrected chi connectivity index (χ4v) is 4.59. The first-order chi connectivity index (χ1) is 12.4. The van der Waals surface area contributed by atoms with E-state index in [1.54, 1.807) is 25.2 Å². The normalized spacial score (nSPS) is 12.7. The molecule has 0 amide bonds. The molecule has 0 aliphatic carbocycles. The van der Waals surface area contributed by atoms with Crippen molar-refractivity contribution in [3.8, 4) is 0 Å². The quantitative estimate of drug-likeness (QED) is 0.648. The molecule has 0 saturated heterocycles. The Morgan fingerprint density at radius 1 is 1.46 bits per heavy atom. The van der Waals surface area contributed by atoms with Crippen LogP contribution in [0.4, 0.5) is 0 Å². The van der Waals surface area contributed by atoms with Crippen molar-refractivity contribution in [2.45, 2.75) is 33.4 Å². The summed E-state index contributed by atoms with van der Waals surface area (Å²) in [5.41, 5.74) is 0.411. The van der Waals surface area contributed by atoms with Gasteiger partial charge in [0.25, 0.3) is 5.56 Å². The predicted octanol–water partition coefficient (Wildman–Crippen LogP) is 3.72. The van der Waals surface area contributed by atoms with Gasteiger partial charge in [-0.05, 0) is 44.8 Å². The molecule has 1 atom stereocenters. The van der Waals surface area contributed by atoms with Crippen molar-refractivity contribution >= 4 is 38.9 Å². The number of rotatable bonds is 6. The van der Waals surface area contributed by atoms with Gasteiger partial charge in [0.15, 0.2) is 0 Å². The fraction of sp³-hybridized carbons (Fsp3) is 0.389. The zero-order valence-corrected chi connectivity index (χ0v) is 16.8. The van der Waals surface area contributed by atoms with Crippen LogP contribution in [0.15, 0.2) is 22.3 Å². The Morgan fingerprint density at radius 3 is 2.88 bits per heavy atom. The lowest BCUT2D eigenvalue weighted by atomic mass is 10.2. The topological polar surface area (TPSA) is 75.3 Å². The van der Waals surface area contributed by atoms with E-state index >= 15 is 0 Å². The minimum absolute atomic E-state index is 0.0670. The van der Waals surface area contributed by atoms with E-state index in [0.29, 0.717) is 33.1 Å². The van der Waals surface area contributed by atoms with Crippen molar-refractivity contribution in [3.05, 3.63) is 49.0 Å². The van der Waals surface area contributed by atoms with E-state index in [-0.39, 0.29) is 11.6 Å². The molecule has 0 bridgehead atoms. The summed E-state index contributed by atoms with van der Waals surface area (Å²) in [6.45, 7) is 6.59. The first kappa shape index (κ1) is 18.8. The third-order valence-electron chi connectivity index (χ3n) is 4.32. The number of hydrogen-bond donors (Lipinski definition) is 1. The first-order valence-corrected chi connectivity index (χ1v) is 10.0. The van der Waals surface area contributed by atoms with Gasteiger partial charge in [0.1, 0.15) is 15.5 Å². The second-order valence-corrected chi connectivity index (χ2v) is 8.11. The van der Waals surface area contributed by atoms with Crippen molar-refractivity contribution in [1.29, 1.82) is 0 Å². The highest BCUT2D eigenvalue weighted by molar-refractivity contribution is 7.20. The molecule has 0 spiro atoms. The largest absolute Gasteiger partial charge is 0.462 e. The lowest BCUT2D eigenvalue weighted by Crippen LogP contribution is -2.25. The fourth-order valence-electron chi connectivity index (χ4n) is 2.74. The van der Waals surface area contributed by atoms with Crippen molar-refractivity contribution in [3.63, 3.8) is 0 Å². The molecule has 3 aromatic rings. The van der Waals surface area contributed by atoms with Gasteiger partial charge < -0.3 is 9.72 Å². The zero-order chi connectivity index (χ0) is 18.8. The molecule has 0 aliphatic rings. The lowest BCUT2D eigenvalue weighted by Gasteiger charge is -2.23. The van der Waals surface area contributed by atoms with Crippen LogP contribution in [0.25, 0.3) is 10.2 Å². The van der Waals surface area contributed by atoms with E-state index in [1.807, 2.05) is 25.4 Å². The SMILES string of the molecule is CCOC(=O)c1sc2nc([C@@H](C)N(C)Cc3cccs3)[nH]c(=O)c2c1C. The third-order valence-corrected chi connectivity index (χ3v) is 6.35. The van der Waals surface area contributed by atoms with Crippen LogP contribution >= 0.6 is 22.7 Å². The van der Waals surface area contributed by atoms with E-state index < -0.39 is 5.97 Å². The van der Waals surface area contributed by atoms with Crippen molar-refractivity contribution in [2.75, 3.05) is 13.7 Å². The molecule has 0 unspecified atom stereocenters. The second kappa shape index (κ2) is 7.69. The lowest BCUT2D eigenvalue weighted by molar-refractivity contribution is 0.0531. The summed E-state index contributed by atoms with van der Waals surface area (Å²) in [6.07, 6.45) is 0. The molecule has 0 aromatic carbocycles. The van der Waals surface area contributed by atoms with Crippen LogP contribution in [0, 0.1) is 6.92 Å². The standard InChI is InChI=1S/C18H21N3O3S2/c1-5-24-18(23)14-10(2)13-16(22)19-15(20-17(13)26-14)11(3)21(4)9-12-7-6-8-25-12/h6-8,11H,5,9H2,1-4H3,(H,19,20,22)/t11-/m1/s1. The second-order valence-electron chi connectivity index (χ2n) is 6.08. The highest BCUT2D eigenvalue weighted by Gasteiger charge is 2.22. The van der Waals surface area contributed by atoms with E-state index in [1.165, 1.54) is 16.2 Å². The van der Waals surface area contributed by atoms with Crippen LogP contribution in [0.3, 0.4) is 0 Å². The highest BCUT2D eigenvalue weighted by Crippen LogP contribution is 2.29. The minimum atomic E-state index is -0.406. The number of aryl methyl sites for hydroxylation is 1. The molecule has 0 aliphatic heterocycles. The molecule has 3 rings (SSSR count). The molecule has 6 nitrogen and oxygen atoms in total. The van der Waals surface area contributed by atoms with Gasteiger partial charge in [0.05, 0.1) is 18.0 Å². The van der Waals surface area contributed by atoms with Crippen LogP contribution < -0.4 is 5.56 Å². The van der Waals surface area contributed by atoms with Crippen LogP contribution in [0.1, 0.15) is 45.8 Å². The number of thiophene rings is 2. The Kier molecular flexibility index (Phi) is 5.55. The van der Waals surface area contributed by atoms with Gasteiger partial charge in [-0.3, -0.25) is 9.69 Å². The molecule has 1 N–H and O–H groups in total. The third kappa shape index (κ3) is 3.58. The summed E-state index contributed by atoms with van der Waals surface area (Å²) < 4.78 is 5.08. The maximum atomic E-state index is 12.6. The number of hydrogen-bond acceptors (Lipinski definition) is 7. The van der Waals surface area contributed by atoms with Crippen LogP contribution in [0.5, 0.6) is 0 Å². The zero-order valence-electron chi connectivity index (χ0n) is 15.2. The van der Waals surface area contributed by atoms with Crippen LogP contribution in [-0.2, 0) is 11.3 Å². The molecule has 8 heteroatoms. The Labute approximate surface area is 159 Å². The number of fused-ring (bicyclic) bond motifs is 1. The Morgan fingerprint density at radius 2 is 2.23 bits per heavy atom. The van der Waals surface area contributed by atoms with E-state index in [4.69, 9.17) is 4.74 Å². The number of esters is 1. The van der Waals surface area contributed by atoms with E-state index in [0.717, 1.165) is 6.54 Å². The summed E-state index contributed by atoms with van der Waals surface area (Å²) >= 11 is 2.91. The molecule has 3 aromatic heterocycles. The summed E-state index contributed by atoms with van der Waals surface area (Å²) in [4.78, 5) is 36.6. The first-order valence-electron chi connectivity index (χ1n) is 8.35. The number of H-pyrrole nitrogens is 1. The summed E-state index contributed by atoms with van der Waals surface area (Å²) in [7, 11) is 2.00. The average molecular weight is 392 g/mol. The van der Waals surface area contributed by atoms with Gasteiger partial charge in [-0.1, -0.05) is 6.07 Å². The number of aromatic nitrogens is 2. The number of nitrogens with zero attached hydrogens (tertiary/aromatic N) is 2. The van der Waals surface area contributed by atoms with Crippen molar-refractivity contribution in [2.24, 2.45) is 0 Å². The molecule has 138 valence electrons. The minimum Gasteiger partial charge on any atom is -0.462 e. The number of carbonyl (C=O) groups excluding carboxylic acids is 1. The summed E-state index contributed by atoms with van der Waals surface area (Å²) in [5, 5.41) is 2.51. The number of aromatic amines is 1. The number of nitrogens with one attached hydrogen (secondary N) is 1. The van der Waals surface area contributed by atoms with E-state index in [9.17, 15) is 9.59 Å². The maximum absolute atomic E-state index is 12.6. The molecule has 0 saturated carbocycles. The highest BCUT2D eigenvalue weighted by atomic mass is 32.1. The van der Waals surface area contributed by atoms with Gasteiger partial charge in [-0.15, -0.1) is 22.7 Å². The molecular formula is C18H21N3O3S2. The van der Waals surface area contributed by atoms with Gasteiger partial charge in [0, 0.05) is 11.4 Å². The van der Waals surface area contributed by atoms with Gasteiger partial charge in [0.2, 0.25) is 0 Å². The van der Waals surface area contributed by atoms with Crippen LogP contribution in [-0.4, -0.2) is 34.5 Å². The summed E-state index contributed by atoms with van der Waals surface area (Å²) in [6, 6.07) is 4.04.